The number of rotatable bonds is 4. The van der Waals surface area contributed by atoms with Gasteiger partial charge in [-0.15, -0.1) is 0 Å². The molecule has 0 aliphatic heterocycles. The fraction of sp³-hybridized carbons (Fsp3) is 1.00. The Morgan fingerprint density at radius 2 is 1.75 bits per heavy atom. The molecule has 0 aromatic rings. The van der Waals surface area contributed by atoms with E-state index in [0.717, 1.165) is 0 Å². The van der Waals surface area contributed by atoms with Crippen molar-refractivity contribution in [2.75, 3.05) is 5.08 Å². The highest BCUT2D eigenvalue weighted by molar-refractivity contribution is 8.03. The van der Waals surface area contributed by atoms with Crippen LogP contribution in [-0.4, -0.2) is 32.6 Å². The van der Waals surface area contributed by atoms with Crippen molar-refractivity contribution >= 4 is 20.2 Å². The van der Waals surface area contributed by atoms with Crippen molar-refractivity contribution in [3.8, 4) is 0 Å². The third-order valence-electron chi connectivity index (χ3n) is 1.10. The van der Waals surface area contributed by atoms with Gasteiger partial charge in [0.25, 0.3) is 20.2 Å². The lowest BCUT2D eigenvalue weighted by atomic mass is 10.9. The molecule has 0 saturated heterocycles. The Labute approximate surface area is 70.4 Å². The molecule has 6 nitrogen and oxygen atoms in total. The fourth-order valence-corrected chi connectivity index (χ4v) is 2.87. The Kier molecular flexibility index (Phi) is 2.43. The molecule has 0 amide bonds. The zero-order chi connectivity index (χ0) is 9.41. The van der Waals surface area contributed by atoms with Gasteiger partial charge in [-0.05, 0) is 12.8 Å². The van der Waals surface area contributed by atoms with Gasteiger partial charge >= 0.3 is 0 Å². The smallest absolute Gasteiger partial charge is 0.284 e. The van der Waals surface area contributed by atoms with E-state index in [1.165, 1.54) is 0 Å². The Bertz CT molecular complexity index is 347. The first-order valence-electron chi connectivity index (χ1n) is 3.15. The second-order valence-electron chi connectivity index (χ2n) is 2.55. The molecule has 1 saturated carbocycles. The summed E-state index contributed by atoms with van der Waals surface area (Å²) in [6.07, 6.45) is 0.840. The molecule has 0 aromatic carbocycles. The Balaban J connectivity index is 2.59. The molecule has 0 radical (unpaired) electrons. The van der Waals surface area contributed by atoms with Crippen LogP contribution in [0.4, 0.5) is 0 Å². The number of hydrogen-bond acceptors (Lipinski definition) is 5. The lowest BCUT2D eigenvalue weighted by molar-refractivity contribution is 0.307. The molecule has 72 valence electrons. The average Bonchev–Trinajstić information content (AvgIpc) is 2.39. The first-order chi connectivity index (χ1) is 5.29. The summed E-state index contributed by atoms with van der Waals surface area (Å²) in [6.45, 7) is 0. The highest BCUT2D eigenvalue weighted by Gasteiger charge is 2.31. The largest absolute Gasteiger partial charge is 0.285 e. The summed E-state index contributed by atoms with van der Waals surface area (Å²) in [7, 11) is -8.63. The molecule has 12 heavy (non-hydrogen) atoms. The molecule has 0 bridgehead atoms. The monoisotopic (exact) mass is 216 g/mol. The maximum atomic E-state index is 10.7. The van der Waals surface area contributed by atoms with Crippen LogP contribution in [0.3, 0.4) is 0 Å². The van der Waals surface area contributed by atoms with Crippen molar-refractivity contribution in [1.82, 2.24) is 0 Å². The maximum Gasteiger partial charge on any atom is 0.284 e. The Morgan fingerprint density at radius 3 is 2.08 bits per heavy atom. The molecule has 1 aliphatic carbocycles. The minimum atomic E-state index is -4.51. The van der Waals surface area contributed by atoms with Crippen LogP contribution in [0.5, 0.6) is 0 Å². The van der Waals surface area contributed by atoms with Gasteiger partial charge in [0.1, 0.15) is 0 Å². The SMILES string of the molecule is O=S(=O)(O)CS(=O)(=O)OC1CC1. The third-order valence-corrected chi connectivity index (χ3v) is 4.01. The van der Waals surface area contributed by atoms with Crippen molar-refractivity contribution in [3.63, 3.8) is 0 Å². The average molecular weight is 216 g/mol. The second-order valence-corrected chi connectivity index (χ2v) is 5.97. The van der Waals surface area contributed by atoms with Gasteiger partial charge in [-0.3, -0.25) is 8.74 Å². The van der Waals surface area contributed by atoms with Gasteiger partial charge < -0.3 is 0 Å². The van der Waals surface area contributed by atoms with Crippen LogP contribution in [0.15, 0.2) is 0 Å². The Hall–Kier alpha value is -0.180. The zero-order valence-corrected chi connectivity index (χ0v) is 7.64. The molecule has 0 spiro atoms. The first kappa shape index (κ1) is 9.90. The van der Waals surface area contributed by atoms with Crippen molar-refractivity contribution in [2.45, 2.75) is 18.9 Å². The highest BCUT2D eigenvalue weighted by atomic mass is 32.3. The van der Waals surface area contributed by atoms with E-state index in [9.17, 15) is 16.8 Å². The standard InChI is InChI=1S/C4H8O6S2/c5-11(6,7)3-12(8,9)10-4-1-2-4/h4H,1-3H2,(H,5,6,7). The van der Waals surface area contributed by atoms with Crippen LogP contribution in [0.1, 0.15) is 12.8 Å². The normalized spacial score (nSPS) is 19.4. The topological polar surface area (TPSA) is 97.7 Å². The van der Waals surface area contributed by atoms with E-state index in [-0.39, 0.29) is 0 Å². The fourth-order valence-electron chi connectivity index (χ4n) is 0.582. The summed E-state index contributed by atoms with van der Waals surface area (Å²) in [5.41, 5.74) is 0. The van der Waals surface area contributed by atoms with Crippen LogP contribution in [0, 0.1) is 0 Å². The summed E-state index contributed by atoms with van der Waals surface area (Å²) < 4.78 is 54.3. The van der Waals surface area contributed by atoms with E-state index in [2.05, 4.69) is 4.18 Å². The summed E-state index contributed by atoms with van der Waals surface area (Å²) in [6, 6.07) is 0. The minimum Gasteiger partial charge on any atom is -0.285 e. The van der Waals surface area contributed by atoms with E-state index < -0.39 is 31.4 Å². The van der Waals surface area contributed by atoms with Crippen LogP contribution < -0.4 is 0 Å². The third kappa shape index (κ3) is 4.00. The van der Waals surface area contributed by atoms with E-state index in [4.69, 9.17) is 4.55 Å². The molecular weight excluding hydrogens is 208 g/mol. The molecule has 1 rings (SSSR count). The molecule has 0 heterocycles. The van der Waals surface area contributed by atoms with Gasteiger partial charge in [0, 0.05) is 0 Å². The maximum absolute atomic E-state index is 10.7. The van der Waals surface area contributed by atoms with E-state index in [0.29, 0.717) is 12.8 Å². The van der Waals surface area contributed by atoms with E-state index in [1.54, 1.807) is 0 Å². The van der Waals surface area contributed by atoms with Gasteiger partial charge in [-0.25, -0.2) is 0 Å². The summed E-state index contributed by atoms with van der Waals surface area (Å²) in [5, 5.41) is -1.36. The molecule has 8 heteroatoms. The van der Waals surface area contributed by atoms with Crippen molar-refractivity contribution in [3.05, 3.63) is 0 Å². The lowest BCUT2D eigenvalue weighted by Gasteiger charge is -2.00. The summed E-state index contributed by atoms with van der Waals surface area (Å²) in [4.78, 5) is 0. The minimum absolute atomic E-state index is 0.392. The van der Waals surface area contributed by atoms with Gasteiger partial charge in [-0.1, -0.05) is 0 Å². The molecule has 1 fully saturated rings. The van der Waals surface area contributed by atoms with Crippen molar-refractivity contribution in [1.29, 1.82) is 0 Å². The van der Waals surface area contributed by atoms with Gasteiger partial charge in [-0.2, -0.15) is 16.8 Å². The van der Waals surface area contributed by atoms with Crippen LogP contribution in [-0.2, 0) is 24.4 Å². The second kappa shape index (κ2) is 2.95. The molecular formula is C4H8O6S2. The van der Waals surface area contributed by atoms with E-state index in [1.807, 2.05) is 0 Å². The van der Waals surface area contributed by atoms with Gasteiger partial charge in [0.15, 0.2) is 0 Å². The Morgan fingerprint density at radius 1 is 1.25 bits per heavy atom. The van der Waals surface area contributed by atoms with Crippen molar-refractivity contribution < 1.29 is 25.6 Å². The quantitative estimate of drug-likeness (QED) is 0.495. The number of hydrogen-bond donors (Lipinski definition) is 1. The molecule has 1 N–H and O–H groups in total. The van der Waals surface area contributed by atoms with Crippen LogP contribution in [0.25, 0.3) is 0 Å². The van der Waals surface area contributed by atoms with E-state index >= 15 is 0 Å². The van der Waals surface area contributed by atoms with Crippen LogP contribution >= 0.6 is 0 Å². The molecule has 1 aliphatic rings. The van der Waals surface area contributed by atoms with Crippen molar-refractivity contribution in [2.24, 2.45) is 0 Å². The summed E-state index contributed by atoms with van der Waals surface area (Å²) >= 11 is 0. The molecule has 0 aromatic heterocycles. The zero-order valence-electron chi connectivity index (χ0n) is 6.00. The summed E-state index contributed by atoms with van der Waals surface area (Å²) in [5.74, 6) is 0. The lowest BCUT2D eigenvalue weighted by Crippen LogP contribution is -2.18. The molecule has 0 atom stereocenters. The predicted octanol–water partition coefficient (Wildman–Crippen LogP) is -0.659. The highest BCUT2D eigenvalue weighted by Crippen LogP contribution is 2.25. The predicted molar refractivity (Wildman–Crippen MR) is 39.4 cm³/mol. The van der Waals surface area contributed by atoms with Crippen LogP contribution in [0.2, 0.25) is 0 Å². The first-order valence-corrected chi connectivity index (χ1v) is 6.33. The van der Waals surface area contributed by atoms with Gasteiger partial charge in [0.2, 0.25) is 5.08 Å². The molecule has 0 unspecified atom stereocenters. The van der Waals surface area contributed by atoms with Gasteiger partial charge in [0.05, 0.1) is 6.10 Å².